The van der Waals surface area contributed by atoms with Gasteiger partial charge in [-0.05, 0) is 0 Å². The quantitative estimate of drug-likeness (QED) is 0.477. The monoisotopic (exact) mass is 429 g/mol. The molecule has 1 fully saturated rings. The number of benzene rings is 2. The molecule has 0 atom stereocenters. The average molecular weight is 431 g/mol. The van der Waals surface area contributed by atoms with E-state index >= 15 is 0 Å². The van der Waals surface area contributed by atoms with E-state index in [1.165, 1.54) is 28.7 Å². The van der Waals surface area contributed by atoms with Crippen molar-refractivity contribution in [3.05, 3.63) is 73.6 Å². The van der Waals surface area contributed by atoms with Gasteiger partial charge in [-0.15, -0.1) is 0 Å². The van der Waals surface area contributed by atoms with E-state index in [0.29, 0.717) is 5.41 Å². The molecule has 0 radical (unpaired) electrons. The Morgan fingerprint density at radius 3 is 2.17 bits per heavy atom. The number of allylic oxidation sites excluding steroid dienone is 4. The predicted molar refractivity (Wildman–Crippen MR) is 87.0 cm³/mol. The third kappa shape index (κ3) is 2.28. The van der Waals surface area contributed by atoms with Gasteiger partial charge in [0.1, 0.15) is 0 Å². The molecule has 0 spiro atoms. The van der Waals surface area contributed by atoms with Crippen LogP contribution < -0.4 is 24.8 Å². The maximum absolute atomic E-state index is 2.39. The van der Waals surface area contributed by atoms with Crippen LogP contribution in [0.25, 0.3) is 16.7 Å². The maximum Gasteiger partial charge on any atom is -1.00 e. The van der Waals surface area contributed by atoms with E-state index in [0.717, 1.165) is 6.42 Å². The van der Waals surface area contributed by atoms with Crippen molar-refractivity contribution in [1.82, 2.24) is 0 Å². The van der Waals surface area contributed by atoms with Crippen LogP contribution in [0, 0.1) is 5.41 Å². The second-order valence-corrected chi connectivity index (χ2v) is 8.66. The van der Waals surface area contributed by atoms with Gasteiger partial charge in [0.25, 0.3) is 0 Å². The van der Waals surface area contributed by atoms with Gasteiger partial charge in [-0.3, -0.25) is 0 Å². The fourth-order valence-corrected chi connectivity index (χ4v) is 6.06. The third-order valence-corrected chi connectivity index (χ3v) is 6.62. The van der Waals surface area contributed by atoms with Crippen LogP contribution >= 0.6 is 0 Å². The topological polar surface area (TPSA) is 0 Å². The number of rotatable bonds is 1. The maximum atomic E-state index is 2.39. The minimum absolute atomic E-state index is 0. The van der Waals surface area contributed by atoms with Crippen molar-refractivity contribution in [2.24, 2.45) is 5.41 Å². The van der Waals surface area contributed by atoms with E-state index in [-0.39, 0.29) is 24.8 Å². The molecule has 3 aliphatic rings. The summed E-state index contributed by atoms with van der Waals surface area (Å²) in [6, 6.07) is 15.8. The molecule has 0 amide bonds. The Balaban J connectivity index is 0.000000845. The van der Waals surface area contributed by atoms with Crippen LogP contribution in [0.2, 0.25) is 0 Å². The molecule has 0 heterocycles. The molecule has 0 aromatic heterocycles. The number of halogens is 2. The summed E-state index contributed by atoms with van der Waals surface area (Å²) in [6.07, 6.45) is 2.29. The van der Waals surface area contributed by atoms with Crippen LogP contribution in [-0.2, 0) is 31.1 Å². The van der Waals surface area contributed by atoms with Gasteiger partial charge in [-0.25, -0.2) is 0 Å². The predicted octanol–water partition coefficient (Wildman–Crippen LogP) is -0.736. The first-order valence-electron chi connectivity index (χ1n) is 7.99. The minimum Gasteiger partial charge on any atom is -1.00 e. The Kier molecular flexibility index (Phi) is 4.53. The molecule has 24 heavy (non-hydrogen) atoms. The Morgan fingerprint density at radius 2 is 1.46 bits per heavy atom. The van der Waals surface area contributed by atoms with Crippen molar-refractivity contribution in [3.8, 4) is 11.1 Å². The number of hydrogen-bond acceptors (Lipinski definition) is 0. The molecule has 0 N–H and O–H groups in total. The van der Waals surface area contributed by atoms with Crippen molar-refractivity contribution in [3.63, 3.8) is 0 Å². The van der Waals surface area contributed by atoms with Gasteiger partial charge in [0.15, 0.2) is 0 Å². The fourth-order valence-electron chi connectivity index (χ4n) is 4.55. The summed E-state index contributed by atoms with van der Waals surface area (Å²) in [5.41, 5.74) is 12.8. The fraction of sp³-hybridized carbons (Fsp3) is 0.238. The standard InChI is InChI=1S/C21H17.2ClH.Zr/c1-21(2)19-11-10-17(20(19)21)16-9-5-8-15-14-7-4-3-6-13(14)12-18(15)16;;;/h3-9H,10,12H2,1-2H3;2*1H;/q;;;+2/p-2. The molecular formula is C21H17Cl2Zr. The van der Waals surface area contributed by atoms with Gasteiger partial charge in [-0.2, -0.15) is 0 Å². The number of fused-ring (bicyclic) bond motifs is 4. The van der Waals surface area contributed by atoms with Crippen molar-refractivity contribution < 1.29 is 49.5 Å². The van der Waals surface area contributed by atoms with E-state index in [2.05, 4.69) is 56.3 Å². The summed E-state index contributed by atoms with van der Waals surface area (Å²) in [6.45, 7) is 4.78. The van der Waals surface area contributed by atoms with Crippen molar-refractivity contribution in [2.75, 3.05) is 0 Å². The third-order valence-electron chi connectivity index (χ3n) is 5.57. The summed E-state index contributed by atoms with van der Waals surface area (Å²) in [5, 5.41) is 0. The zero-order valence-corrected chi connectivity index (χ0v) is 17.7. The van der Waals surface area contributed by atoms with Crippen molar-refractivity contribution in [2.45, 2.75) is 26.7 Å². The Bertz CT molecular complexity index is 919. The van der Waals surface area contributed by atoms with Crippen LogP contribution in [0.4, 0.5) is 0 Å². The second kappa shape index (κ2) is 5.98. The number of hydrogen-bond donors (Lipinski definition) is 0. The van der Waals surface area contributed by atoms with Crippen LogP contribution in [0.15, 0.2) is 56.9 Å². The van der Waals surface area contributed by atoms with Crippen LogP contribution in [0.1, 0.15) is 37.0 Å². The van der Waals surface area contributed by atoms with Crippen LogP contribution in [-0.4, -0.2) is 0 Å². The SMILES string of the molecule is CC1(C)C2=[C]([Zr+2])CC(c3cccc4c3Cc3ccccc3-4)=C21.[Cl-].[Cl-]. The molecule has 2 aromatic carbocycles. The smallest absolute Gasteiger partial charge is 1.00 e. The van der Waals surface area contributed by atoms with Gasteiger partial charge in [-0.1, -0.05) is 0 Å². The van der Waals surface area contributed by atoms with Crippen molar-refractivity contribution in [1.29, 1.82) is 0 Å². The molecule has 5 rings (SSSR count). The summed E-state index contributed by atoms with van der Waals surface area (Å²) in [7, 11) is 0. The van der Waals surface area contributed by atoms with E-state index in [4.69, 9.17) is 0 Å². The average Bonchev–Trinajstić information content (AvgIpc) is 2.84. The zero-order valence-electron chi connectivity index (χ0n) is 13.7. The summed E-state index contributed by atoms with van der Waals surface area (Å²) >= 11 is 1.60. The summed E-state index contributed by atoms with van der Waals surface area (Å²) in [4.78, 5) is 0. The summed E-state index contributed by atoms with van der Waals surface area (Å²) < 4.78 is 1.68. The van der Waals surface area contributed by atoms with Crippen LogP contribution in [0.3, 0.4) is 0 Å². The van der Waals surface area contributed by atoms with E-state index < -0.39 is 0 Å². The van der Waals surface area contributed by atoms with Crippen molar-refractivity contribution >= 4 is 5.57 Å². The van der Waals surface area contributed by atoms with Gasteiger partial charge >= 0.3 is 147 Å². The molecule has 2 aromatic rings. The van der Waals surface area contributed by atoms with Crippen LogP contribution in [0.5, 0.6) is 0 Å². The molecule has 0 nitrogen and oxygen atoms in total. The molecule has 0 aliphatic heterocycles. The molecular weight excluding hydrogens is 414 g/mol. The molecule has 3 heteroatoms. The molecule has 0 bridgehead atoms. The molecule has 0 unspecified atom stereocenters. The minimum atomic E-state index is 0. The molecule has 1 saturated carbocycles. The van der Waals surface area contributed by atoms with Gasteiger partial charge in [0, 0.05) is 0 Å². The molecule has 0 saturated heterocycles. The Labute approximate surface area is 171 Å². The summed E-state index contributed by atoms with van der Waals surface area (Å²) in [5.74, 6) is 0. The Hall–Kier alpha value is -0.617. The van der Waals surface area contributed by atoms with E-state index in [1.54, 1.807) is 50.3 Å². The second-order valence-electron chi connectivity index (χ2n) is 7.17. The van der Waals surface area contributed by atoms with Gasteiger partial charge in [0.05, 0.1) is 0 Å². The first-order chi connectivity index (χ1) is 10.6. The normalized spacial score (nSPS) is 18.5. The van der Waals surface area contributed by atoms with E-state index in [9.17, 15) is 0 Å². The zero-order chi connectivity index (χ0) is 15.1. The van der Waals surface area contributed by atoms with E-state index in [1.807, 2.05) is 0 Å². The van der Waals surface area contributed by atoms with Gasteiger partial charge < -0.3 is 24.8 Å². The Morgan fingerprint density at radius 1 is 0.792 bits per heavy atom. The van der Waals surface area contributed by atoms with Gasteiger partial charge in [0.2, 0.25) is 0 Å². The first kappa shape index (κ1) is 18.2. The first-order valence-corrected chi connectivity index (χ1v) is 9.21. The molecule has 119 valence electrons. The molecule has 3 aliphatic carbocycles. The largest absolute Gasteiger partial charge is 1.00 e.